The maximum atomic E-state index is 13.4. The zero-order valence-corrected chi connectivity index (χ0v) is 15.1. The molecule has 0 unspecified atom stereocenters. The van der Waals surface area contributed by atoms with E-state index in [0.717, 1.165) is 4.90 Å². The van der Waals surface area contributed by atoms with Crippen molar-refractivity contribution < 1.29 is 18.4 Å². The van der Waals surface area contributed by atoms with Crippen LogP contribution in [0.15, 0.2) is 78.8 Å². The molecule has 0 radical (unpaired) electrons. The van der Waals surface area contributed by atoms with E-state index in [-0.39, 0.29) is 17.8 Å². The van der Waals surface area contributed by atoms with Gasteiger partial charge >= 0.3 is 0 Å². The van der Waals surface area contributed by atoms with Crippen LogP contribution in [0.2, 0.25) is 0 Å². The van der Waals surface area contributed by atoms with Gasteiger partial charge in [-0.3, -0.25) is 19.5 Å². The van der Waals surface area contributed by atoms with E-state index in [1.54, 1.807) is 24.5 Å². The molecule has 7 heteroatoms. The molecule has 29 heavy (non-hydrogen) atoms. The molecule has 0 bridgehead atoms. The average Bonchev–Trinajstić information content (AvgIpc) is 2.95. The SMILES string of the molecule is O=C1C(Nc2ccc(F)cc2)=C(c2ccc(F)cc2)C(=O)N1Cc1cccnc1. The summed E-state index contributed by atoms with van der Waals surface area (Å²) >= 11 is 0. The van der Waals surface area contributed by atoms with Crippen molar-refractivity contribution in [1.29, 1.82) is 0 Å². The lowest BCUT2D eigenvalue weighted by Crippen LogP contribution is -2.32. The van der Waals surface area contributed by atoms with Crippen LogP contribution in [0.1, 0.15) is 11.1 Å². The van der Waals surface area contributed by atoms with Crippen LogP contribution in [0.3, 0.4) is 0 Å². The number of imide groups is 1. The largest absolute Gasteiger partial charge is 0.350 e. The summed E-state index contributed by atoms with van der Waals surface area (Å²) in [5.74, 6) is -1.90. The van der Waals surface area contributed by atoms with E-state index < -0.39 is 23.4 Å². The van der Waals surface area contributed by atoms with Crippen LogP contribution in [-0.2, 0) is 16.1 Å². The van der Waals surface area contributed by atoms with Crippen LogP contribution in [0.25, 0.3) is 5.57 Å². The van der Waals surface area contributed by atoms with E-state index in [2.05, 4.69) is 10.3 Å². The molecule has 1 aliphatic heterocycles. The standard InChI is InChI=1S/C22H15F2N3O2/c23-16-5-3-15(4-6-16)19-20(26-18-9-7-17(24)8-10-18)22(29)27(21(19)28)13-14-2-1-11-25-12-14/h1-12,26H,13H2. The Morgan fingerprint density at radius 2 is 1.52 bits per heavy atom. The Bertz CT molecular complexity index is 1100. The Morgan fingerprint density at radius 1 is 0.862 bits per heavy atom. The first-order chi connectivity index (χ1) is 14.0. The van der Waals surface area contributed by atoms with Crippen molar-refractivity contribution in [2.24, 2.45) is 0 Å². The highest BCUT2D eigenvalue weighted by molar-refractivity contribution is 6.36. The van der Waals surface area contributed by atoms with Gasteiger partial charge in [0.2, 0.25) is 0 Å². The molecule has 0 fully saturated rings. The molecule has 2 heterocycles. The molecule has 2 amide bonds. The minimum Gasteiger partial charge on any atom is -0.350 e. The third kappa shape index (κ3) is 3.75. The van der Waals surface area contributed by atoms with E-state index in [1.165, 1.54) is 48.5 Å². The minimum atomic E-state index is -0.525. The summed E-state index contributed by atoms with van der Waals surface area (Å²) in [5.41, 5.74) is 1.73. The molecule has 144 valence electrons. The molecule has 0 saturated carbocycles. The van der Waals surface area contributed by atoms with Crippen LogP contribution in [-0.4, -0.2) is 21.7 Å². The van der Waals surface area contributed by atoms with Gasteiger partial charge in [0, 0.05) is 18.1 Å². The normalized spacial score (nSPS) is 13.9. The van der Waals surface area contributed by atoms with Crippen LogP contribution in [0, 0.1) is 11.6 Å². The summed E-state index contributed by atoms with van der Waals surface area (Å²) in [6.07, 6.45) is 3.17. The molecule has 0 spiro atoms. The predicted molar refractivity (Wildman–Crippen MR) is 103 cm³/mol. The number of hydrogen-bond donors (Lipinski definition) is 1. The van der Waals surface area contributed by atoms with Crippen molar-refractivity contribution in [2.45, 2.75) is 6.54 Å². The molecule has 0 atom stereocenters. The minimum absolute atomic E-state index is 0.0464. The lowest BCUT2D eigenvalue weighted by molar-refractivity contribution is -0.137. The number of rotatable bonds is 5. The predicted octanol–water partition coefficient (Wildman–Crippen LogP) is 3.75. The quantitative estimate of drug-likeness (QED) is 0.673. The highest BCUT2D eigenvalue weighted by atomic mass is 19.1. The van der Waals surface area contributed by atoms with Gasteiger partial charge in [-0.15, -0.1) is 0 Å². The summed E-state index contributed by atoms with van der Waals surface area (Å²) in [4.78, 5) is 31.3. The van der Waals surface area contributed by atoms with Gasteiger partial charge < -0.3 is 5.32 Å². The van der Waals surface area contributed by atoms with Crippen molar-refractivity contribution in [3.8, 4) is 0 Å². The average molecular weight is 391 g/mol. The van der Waals surface area contributed by atoms with Gasteiger partial charge in [0.1, 0.15) is 17.3 Å². The highest BCUT2D eigenvalue weighted by Gasteiger charge is 2.39. The van der Waals surface area contributed by atoms with Crippen molar-refractivity contribution in [3.63, 3.8) is 0 Å². The maximum absolute atomic E-state index is 13.4. The number of pyridine rings is 1. The van der Waals surface area contributed by atoms with Crippen LogP contribution < -0.4 is 5.32 Å². The Hall–Kier alpha value is -3.87. The second-order valence-electron chi connectivity index (χ2n) is 6.45. The van der Waals surface area contributed by atoms with E-state index in [1.807, 2.05) is 0 Å². The molecule has 3 aromatic rings. The second-order valence-corrected chi connectivity index (χ2v) is 6.45. The molecule has 0 saturated heterocycles. The number of nitrogens with one attached hydrogen (secondary N) is 1. The first kappa shape index (κ1) is 18.5. The first-order valence-corrected chi connectivity index (χ1v) is 8.81. The molecule has 5 nitrogen and oxygen atoms in total. The Balaban J connectivity index is 1.74. The first-order valence-electron chi connectivity index (χ1n) is 8.81. The number of hydrogen-bond acceptors (Lipinski definition) is 4. The Kier molecular flexibility index (Phi) is 4.87. The maximum Gasteiger partial charge on any atom is 0.278 e. The van der Waals surface area contributed by atoms with Crippen LogP contribution in [0.5, 0.6) is 0 Å². The molecule has 2 aromatic carbocycles. The van der Waals surface area contributed by atoms with E-state index in [0.29, 0.717) is 16.8 Å². The number of nitrogens with zero attached hydrogens (tertiary/aromatic N) is 2. The van der Waals surface area contributed by atoms with Gasteiger partial charge in [0.05, 0.1) is 12.1 Å². The summed E-state index contributed by atoms with van der Waals surface area (Å²) in [7, 11) is 0. The summed E-state index contributed by atoms with van der Waals surface area (Å²) < 4.78 is 26.6. The number of anilines is 1. The summed E-state index contributed by atoms with van der Waals surface area (Å²) in [6.45, 7) is 0.0464. The molecular formula is C22H15F2N3O2. The highest BCUT2D eigenvalue weighted by Crippen LogP contribution is 2.31. The molecule has 1 N–H and O–H groups in total. The lowest BCUT2D eigenvalue weighted by Gasteiger charge is -2.15. The van der Waals surface area contributed by atoms with Crippen molar-refractivity contribution in [1.82, 2.24) is 9.88 Å². The van der Waals surface area contributed by atoms with Gasteiger partial charge in [0.15, 0.2) is 0 Å². The summed E-state index contributed by atoms with van der Waals surface area (Å²) in [6, 6.07) is 14.2. The monoisotopic (exact) mass is 391 g/mol. The van der Waals surface area contributed by atoms with Crippen molar-refractivity contribution in [2.75, 3.05) is 5.32 Å². The van der Waals surface area contributed by atoms with Gasteiger partial charge in [0.25, 0.3) is 11.8 Å². The zero-order chi connectivity index (χ0) is 20.4. The number of halogens is 2. The number of aromatic nitrogens is 1. The Labute approximate surface area is 165 Å². The number of benzene rings is 2. The van der Waals surface area contributed by atoms with Crippen LogP contribution >= 0.6 is 0 Å². The van der Waals surface area contributed by atoms with E-state index in [9.17, 15) is 18.4 Å². The van der Waals surface area contributed by atoms with E-state index in [4.69, 9.17) is 0 Å². The number of amides is 2. The third-order valence-electron chi connectivity index (χ3n) is 4.48. The van der Waals surface area contributed by atoms with Gasteiger partial charge in [-0.05, 0) is 53.6 Å². The fourth-order valence-electron chi connectivity index (χ4n) is 3.07. The Morgan fingerprint density at radius 3 is 2.14 bits per heavy atom. The molecule has 0 aliphatic carbocycles. The molecule has 1 aliphatic rings. The van der Waals surface area contributed by atoms with Gasteiger partial charge in [-0.25, -0.2) is 8.78 Å². The van der Waals surface area contributed by atoms with Crippen LogP contribution in [0.4, 0.5) is 14.5 Å². The second kappa shape index (κ2) is 7.63. The third-order valence-corrected chi connectivity index (χ3v) is 4.48. The van der Waals surface area contributed by atoms with Crippen molar-refractivity contribution >= 4 is 23.1 Å². The summed E-state index contributed by atoms with van der Waals surface area (Å²) in [5, 5.41) is 2.92. The zero-order valence-electron chi connectivity index (χ0n) is 15.1. The topological polar surface area (TPSA) is 62.3 Å². The van der Waals surface area contributed by atoms with Gasteiger partial charge in [-0.1, -0.05) is 18.2 Å². The van der Waals surface area contributed by atoms with Gasteiger partial charge in [-0.2, -0.15) is 0 Å². The molecule has 4 rings (SSSR count). The fourth-order valence-corrected chi connectivity index (χ4v) is 3.07. The van der Waals surface area contributed by atoms with E-state index >= 15 is 0 Å². The number of carbonyl (C=O) groups is 2. The smallest absolute Gasteiger partial charge is 0.278 e. The number of carbonyl (C=O) groups excluding carboxylic acids is 2. The molecule has 1 aromatic heterocycles. The van der Waals surface area contributed by atoms with Crippen molar-refractivity contribution in [3.05, 3.63) is 102 Å². The molecular weight excluding hydrogens is 376 g/mol. The lowest BCUT2D eigenvalue weighted by atomic mass is 10.0. The fraction of sp³-hybridized carbons (Fsp3) is 0.0455.